The number of fused-ring (bicyclic) bond motifs is 1. The molecule has 0 atom stereocenters. The van der Waals surface area contributed by atoms with Crippen molar-refractivity contribution in [2.75, 3.05) is 7.11 Å². The molecule has 0 unspecified atom stereocenters. The second-order valence-electron chi connectivity index (χ2n) is 6.48. The molecule has 0 aliphatic carbocycles. The molecule has 0 radical (unpaired) electrons. The van der Waals surface area contributed by atoms with Crippen LogP contribution < -0.4 is 10.1 Å². The van der Waals surface area contributed by atoms with E-state index in [0.29, 0.717) is 30.0 Å². The fourth-order valence-corrected chi connectivity index (χ4v) is 2.99. The summed E-state index contributed by atoms with van der Waals surface area (Å²) in [6.45, 7) is 0.441. The number of hydrogen-bond acceptors (Lipinski definition) is 4. The molecule has 5 nitrogen and oxygen atoms in total. The molecule has 4 rings (SSSR count). The van der Waals surface area contributed by atoms with Gasteiger partial charge in [-0.1, -0.05) is 42.5 Å². The van der Waals surface area contributed by atoms with Crippen LogP contribution in [0.25, 0.3) is 11.1 Å². The van der Waals surface area contributed by atoms with Crippen LogP contribution in [0, 0.1) is 0 Å². The largest absolute Gasteiger partial charge is 0.497 e. The van der Waals surface area contributed by atoms with Crippen molar-refractivity contribution in [2.24, 2.45) is 0 Å². The molecule has 0 bridgehead atoms. The van der Waals surface area contributed by atoms with Crippen LogP contribution in [0.4, 0.5) is 0 Å². The standard InChI is InChI=1S/C23H20N2O3/c1-27-19-10-7-17(8-11-19)15-24-23(26)18-9-12-20-21(14-18)28-22(25-20)13-16-5-3-2-4-6-16/h2-12,14H,13,15H2,1H3,(H,24,26). The zero-order valence-electron chi connectivity index (χ0n) is 15.5. The third-order valence-corrected chi connectivity index (χ3v) is 4.51. The molecule has 0 fully saturated rings. The van der Waals surface area contributed by atoms with Gasteiger partial charge in [0.2, 0.25) is 0 Å². The topological polar surface area (TPSA) is 64.4 Å². The van der Waals surface area contributed by atoms with Crippen molar-refractivity contribution in [3.63, 3.8) is 0 Å². The minimum Gasteiger partial charge on any atom is -0.497 e. The van der Waals surface area contributed by atoms with E-state index < -0.39 is 0 Å². The highest BCUT2D eigenvalue weighted by Crippen LogP contribution is 2.19. The summed E-state index contributed by atoms with van der Waals surface area (Å²) >= 11 is 0. The van der Waals surface area contributed by atoms with E-state index >= 15 is 0 Å². The molecule has 1 N–H and O–H groups in total. The summed E-state index contributed by atoms with van der Waals surface area (Å²) in [5.41, 5.74) is 4.04. The average Bonchev–Trinajstić information content (AvgIpc) is 3.14. The lowest BCUT2D eigenvalue weighted by molar-refractivity contribution is 0.0951. The molecule has 3 aromatic carbocycles. The fourth-order valence-electron chi connectivity index (χ4n) is 2.99. The van der Waals surface area contributed by atoms with Crippen LogP contribution in [-0.4, -0.2) is 18.0 Å². The van der Waals surface area contributed by atoms with Gasteiger partial charge in [-0.25, -0.2) is 4.98 Å². The summed E-state index contributed by atoms with van der Waals surface area (Å²) in [6.07, 6.45) is 0.620. The Bertz CT molecular complexity index is 1090. The van der Waals surface area contributed by atoms with Crippen LogP contribution in [0.2, 0.25) is 0 Å². The Kier molecular flexibility index (Phi) is 5.06. The smallest absolute Gasteiger partial charge is 0.251 e. The first-order valence-electron chi connectivity index (χ1n) is 9.06. The second kappa shape index (κ2) is 7.96. The minimum atomic E-state index is -0.154. The monoisotopic (exact) mass is 372 g/mol. The summed E-state index contributed by atoms with van der Waals surface area (Å²) in [5, 5.41) is 2.92. The van der Waals surface area contributed by atoms with Crippen molar-refractivity contribution < 1.29 is 13.9 Å². The maximum atomic E-state index is 12.5. The lowest BCUT2D eigenvalue weighted by Gasteiger charge is -2.06. The quantitative estimate of drug-likeness (QED) is 0.546. The number of nitrogens with zero attached hydrogens (tertiary/aromatic N) is 1. The van der Waals surface area contributed by atoms with E-state index in [4.69, 9.17) is 9.15 Å². The Balaban J connectivity index is 1.45. The maximum Gasteiger partial charge on any atom is 0.251 e. The van der Waals surface area contributed by atoms with E-state index in [2.05, 4.69) is 10.3 Å². The predicted molar refractivity (Wildman–Crippen MR) is 107 cm³/mol. The van der Waals surface area contributed by atoms with Gasteiger partial charge in [-0.05, 0) is 41.5 Å². The summed E-state index contributed by atoms with van der Waals surface area (Å²) < 4.78 is 11.0. The van der Waals surface area contributed by atoms with Crippen molar-refractivity contribution in [2.45, 2.75) is 13.0 Å². The van der Waals surface area contributed by atoms with Crippen LogP contribution in [-0.2, 0) is 13.0 Å². The number of benzene rings is 3. The highest BCUT2D eigenvalue weighted by molar-refractivity contribution is 5.97. The van der Waals surface area contributed by atoms with Gasteiger partial charge in [0.1, 0.15) is 11.3 Å². The number of carbonyl (C=O) groups is 1. The molecule has 1 amide bonds. The molecular formula is C23H20N2O3. The number of amides is 1. The van der Waals surface area contributed by atoms with Gasteiger partial charge in [0.25, 0.3) is 5.91 Å². The number of rotatable bonds is 6. The molecule has 0 saturated heterocycles. The van der Waals surface area contributed by atoms with Crippen LogP contribution >= 0.6 is 0 Å². The summed E-state index contributed by atoms with van der Waals surface area (Å²) in [4.78, 5) is 17.0. The van der Waals surface area contributed by atoms with Gasteiger partial charge < -0.3 is 14.5 Å². The van der Waals surface area contributed by atoms with Gasteiger partial charge in [0.15, 0.2) is 11.5 Å². The van der Waals surface area contributed by atoms with E-state index in [9.17, 15) is 4.79 Å². The number of ether oxygens (including phenoxy) is 1. The Morgan fingerprint density at radius 2 is 1.79 bits per heavy atom. The highest BCUT2D eigenvalue weighted by atomic mass is 16.5. The van der Waals surface area contributed by atoms with E-state index in [1.54, 1.807) is 19.2 Å². The molecule has 4 aromatic rings. The number of nitrogens with one attached hydrogen (secondary N) is 1. The van der Waals surface area contributed by atoms with Gasteiger partial charge in [0, 0.05) is 18.5 Å². The SMILES string of the molecule is COc1ccc(CNC(=O)c2ccc3nc(Cc4ccccc4)oc3c2)cc1. The first-order valence-corrected chi connectivity index (χ1v) is 9.06. The van der Waals surface area contributed by atoms with Crippen LogP contribution in [0.5, 0.6) is 5.75 Å². The van der Waals surface area contributed by atoms with Gasteiger partial charge in [-0.3, -0.25) is 4.79 Å². The number of carbonyl (C=O) groups excluding carboxylic acids is 1. The normalized spacial score (nSPS) is 10.8. The highest BCUT2D eigenvalue weighted by Gasteiger charge is 2.11. The summed E-state index contributed by atoms with van der Waals surface area (Å²) in [6, 6.07) is 22.9. The van der Waals surface area contributed by atoms with Crippen molar-refractivity contribution in [3.8, 4) is 5.75 Å². The van der Waals surface area contributed by atoms with Crippen molar-refractivity contribution in [1.29, 1.82) is 0 Å². The lowest BCUT2D eigenvalue weighted by Crippen LogP contribution is -2.22. The molecule has 28 heavy (non-hydrogen) atoms. The zero-order valence-corrected chi connectivity index (χ0v) is 15.5. The Morgan fingerprint density at radius 1 is 1.00 bits per heavy atom. The Morgan fingerprint density at radius 3 is 2.54 bits per heavy atom. The lowest BCUT2D eigenvalue weighted by atomic mass is 10.1. The van der Waals surface area contributed by atoms with E-state index in [0.717, 1.165) is 22.4 Å². The van der Waals surface area contributed by atoms with Gasteiger partial charge in [-0.15, -0.1) is 0 Å². The Labute approximate surface area is 163 Å². The van der Waals surface area contributed by atoms with Crippen LogP contribution in [0.3, 0.4) is 0 Å². The van der Waals surface area contributed by atoms with Crippen molar-refractivity contribution in [3.05, 3.63) is 95.4 Å². The van der Waals surface area contributed by atoms with Crippen LogP contribution in [0.15, 0.2) is 77.2 Å². The average molecular weight is 372 g/mol. The van der Waals surface area contributed by atoms with Crippen molar-refractivity contribution >= 4 is 17.0 Å². The first kappa shape index (κ1) is 17.8. The zero-order chi connectivity index (χ0) is 19.3. The number of methoxy groups -OCH3 is 1. The minimum absolute atomic E-state index is 0.154. The molecule has 5 heteroatoms. The molecule has 0 saturated carbocycles. The maximum absolute atomic E-state index is 12.5. The Hall–Kier alpha value is -3.60. The van der Waals surface area contributed by atoms with Crippen LogP contribution in [0.1, 0.15) is 27.4 Å². The number of hydrogen-bond donors (Lipinski definition) is 1. The fraction of sp³-hybridized carbons (Fsp3) is 0.130. The second-order valence-corrected chi connectivity index (χ2v) is 6.48. The molecule has 0 aliphatic heterocycles. The molecular weight excluding hydrogens is 352 g/mol. The first-order chi connectivity index (χ1) is 13.7. The molecule has 0 spiro atoms. The molecule has 1 aromatic heterocycles. The molecule has 1 heterocycles. The molecule has 0 aliphatic rings. The number of oxazole rings is 1. The van der Waals surface area contributed by atoms with E-state index in [1.807, 2.05) is 60.7 Å². The third kappa shape index (κ3) is 4.04. The van der Waals surface area contributed by atoms with Gasteiger partial charge >= 0.3 is 0 Å². The molecule has 140 valence electrons. The van der Waals surface area contributed by atoms with E-state index in [1.165, 1.54) is 0 Å². The van der Waals surface area contributed by atoms with Gasteiger partial charge in [0.05, 0.1) is 7.11 Å². The van der Waals surface area contributed by atoms with Crippen molar-refractivity contribution in [1.82, 2.24) is 10.3 Å². The predicted octanol–water partition coefficient (Wildman–Crippen LogP) is 4.36. The van der Waals surface area contributed by atoms with Gasteiger partial charge in [-0.2, -0.15) is 0 Å². The summed E-state index contributed by atoms with van der Waals surface area (Å²) in [7, 11) is 1.63. The third-order valence-electron chi connectivity index (χ3n) is 4.51. The number of aromatic nitrogens is 1. The summed E-state index contributed by atoms with van der Waals surface area (Å²) in [5.74, 6) is 1.27. The van der Waals surface area contributed by atoms with E-state index in [-0.39, 0.29) is 5.91 Å².